The number of allylic oxidation sites excluding steroid dienone is 1. The molecule has 0 saturated carbocycles. The summed E-state index contributed by atoms with van der Waals surface area (Å²) in [5.74, 6) is 0. The van der Waals surface area contributed by atoms with E-state index in [1.54, 1.807) is 6.08 Å². The molecule has 0 aliphatic carbocycles. The molecular weight excluding hydrogens is 3720 g/mol. The maximum absolute atomic E-state index is 3.36. The molecule has 68 valence electrons. The summed E-state index contributed by atoms with van der Waals surface area (Å²) >= 11 is 46.4. The van der Waals surface area contributed by atoms with Gasteiger partial charge in [-0.3, -0.25) is 0 Å². The van der Waals surface area contributed by atoms with Crippen LogP contribution in [0.4, 0.5) is 0 Å². The van der Waals surface area contributed by atoms with Crippen LogP contribution in [0, 0.1) is 7.43 Å². The Morgan fingerprint density at radius 3 is 0.234 bits per heavy atom. The zero-order chi connectivity index (χ0) is 42.7. The fraction of sp³-hybridized carbons (Fsp3) is 0.250. The molecule has 0 rings (SSSR count). The molecule has 0 amide bonds. The molecule has 0 fully saturated rings. The van der Waals surface area contributed by atoms with E-state index in [2.05, 4.69) is 6.58 Å². The quantitative estimate of drug-likeness (QED) is 0.168. The van der Waals surface area contributed by atoms with Gasteiger partial charge in [-0.05, 0) is 6.92 Å². The SMILES string of the molecule is C=CC.[CH3-].[H-].[Rb+].[Rb+].[Rb+].[Rb][Rb].[Rb][Rb].[Rb][Rb].[Rb][Rb].[Rb][Rb].[Rb][Rb].[Rb][Rb].[Rb][Rb].[Rb][Rb].[Rb][Rb].[Rb][Rb].[Rb][Rb].[Rb][Rb].[Rb][Rb].[Rb][Rb].[Rb][Rb].[Rb][Rb].[Rb][Rb].[Rb][Rb].[Rb][Rb]. The van der Waals surface area contributed by atoms with E-state index in [0.717, 1.165) is 1350 Å². The Morgan fingerprint density at radius 1 is 0.234 bits per heavy atom. The van der Waals surface area contributed by atoms with Crippen LogP contribution in [0.2, 0.25) is 0 Å². The molecule has 0 radical (unpaired) electrons. The van der Waals surface area contributed by atoms with Gasteiger partial charge in [0.1, 0.15) is 0 Å². The Kier molecular flexibility index (Phi) is 1230. The van der Waals surface area contributed by atoms with Crippen molar-refractivity contribution in [3.63, 3.8) is 0 Å². The van der Waals surface area contributed by atoms with Crippen LogP contribution in [-0.2, 0) is 0 Å². The van der Waals surface area contributed by atoms with E-state index in [1.165, 1.54) is 0 Å². The van der Waals surface area contributed by atoms with Gasteiger partial charge in [0.15, 0.2) is 0 Å². The van der Waals surface area contributed by atoms with E-state index in [4.69, 9.17) is 0 Å². The standard InChI is InChI=1S/C3H6.CH3.43Rb.H/c1-3-2;;;;;;;;;;;;;;;;;;;;;;;;;;;;;;;;;;;;;;;;;;;;;/h3H,1H2,2H3;1H3;;;;;;;;;;;;;;;;;;;;;;;;;;;;;;;;;;;;;;;;;;;;/q;-1;;;;;;;;;;;;;;;;;;;;;;;;;;;;;;;;;;;;;;;;;3*+1;-1. The van der Waals surface area contributed by atoms with Crippen molar-refractivity contribution in [2.24, 2.45) is 0 Å². The molecule has 0 aliphatic rings. The van der Waals surface area contributed by atoms with Crippen LogP contribution in [0.15, 0.2) is 12.7 Å². The minimum absolute atomic E-state index is 0. The van der Waals surface area contributed by atoms with Crippen molar-refractivity contribution in [1.82, 2.24) is 0 Å². The molecule has 0 atom stereocenters. The molecular formula is C4H10Rb43+. The molecule has 0 spiro atoms. The van der Waals surface area contributed by atoms with Gasteiger partial charge in [0.25, 0.3) is 0 Å². The Labute approximate surface area is 1430 Å². The molecule has 47 heavy (non-hydrogen) atoms. The summed E-state index contributed by atoms with van der Waals surface area (Å²) in [6.45, 7) is 5.25. The summed E-state index contributed by atoms with van der Waals surface area (Å²) in [4.78, 5) is 0. The molecule has 0 heterocycles. The van der Waals surface area contributed by atoms with Gasteiger partial charge in [0.2, 0.25) is 0 Å². The average molecular weight is 3730 g/mol. The van der Waals surface area contributed by atoms with Gasteiger partial charge < -0.3 is 8.85 Å². The Balaban J connectivity index is -0.00000000439. The third-order valence-electron chi connectivity index (χ3n) is 0. The van der Waals surface area contributed by atoms with E-state index in [0.29, 0.717) is 0 Å². The Hall–Kier alpha value is 77.4. The number of hydrogen-bond acceptors (Lipinski definition) is 0. The van der Waals surface area contributed by atoms with E-state index < -0.39 is 0 Å². The second-order valence-electron chi connectivity index (χ2n) is 0.408. The molecule has 0 aromatic rings. The third-order valence-corrected chi connectivity index (χ3v) is 0. The van der Waals surface area contributed by atoms with E-state index in [9.17, 15) is 0 Å². The normalized spacial score (nSPS) is 3.68. The van der Waals surface area contributed by atoms with Crippen LogP contribution in [-0.4, -0.2) is 1350 Å². The first-order chi connectivity index (χ1) is 21.4. The predicted octanol–water partition coefficient (Wildman–Crippen LogP) is -22.5. The van der Waals surface area contributed by atoms with Crippen LogP contribution in [0.25, 0.3) is 0 Å². The zero-order valence-electron chi connectivity index (χ0n) is 47.3. The van der Waals surface area contributed by atoms with Crippen molar-refractivity contribution < 1.29 is 176 Å². The summed E-state index contributed by atoms with van der Waals surface area (Å²) in [5, 5.41) is 0. The second-order valence-corrected chi connectivity index (χ2v) is 0.408. The second kappa shape index (κ2) is 301. The number of hydrogen-bond donors (Lipinski definition) is 0. The van der Waals surface area contributed by atoms with Gasteiger partial charge in [-0.1, -0.05) is 6.08 Å². The van der Waals surface area contributed by atoms with E-state index in [-0.39, 0.29) is 183 Å². The summed E-state index contributed by atoms with van der Waals surface area (Å²) in [7, 11) is 0. The molecule has 0 aromatic carbocycles. The van der Waals surface area contributed by atoms with Crippen molar-refractivity contribution in [2.45, 2.75) is 6.92 Å². The summed E-state index contributed by atoms with van der Waals surface area (Å²) < 4.78 is 0. The van der Waals surface area contributed by atoms with Crippen LogP contribution < -0.4 is 175 Å². The molecule has 0 unspecified atom stereocenters. The molecule has 0 saturated heterocycles. The molecule has 43 heteroatoms. The van der Waals surface area contributed by atoms with E-state index >= 15 is 0 Å². The Bertz CT molecular complexity index is 34.3. The molecule has 0 aromatic heterocycles. The maximum atomic E-state index is 3.36. The number of rotatable bonds is 0. The molecule has 0 nitrogen and oxygen atoms in total. The van der Waals surface area contributed by atoms with Crippen molar-refractivity contribution in [3.8, 4) is 0 Å². The monoisotopic (exact) mass is 3710 g/mol. The van der Waals surface area contributed by atoms with Gasteiger partial charge in [0, 0.05) is 0 Å². The van der Waals surface area contributed by atoms with E-state index in [1.807, 2.05) is 6.92 Å². The molecule has 0 N–H and O–H groups in total. The fourth-order valence-corrected chi connectivity index (χ4v) is 0. The topological polar surface area (TPSA) is 0 Å². The van der Waals surface area contributed by atoms with Gasteiger partial charge in [0.05, 0.1) is 0 Å². The van der Waals surface area contributed by atoms with Crippen LogP contribution in [0.1, 0.15) is 8.35 Å². The first kappa shape index (κ1) is 192. The first-order valence-electron chi connectivity index (χ1n) is 21.0. The summed E-state index contributed by atoms with van der Waals surface area (Å²) in [6.07, 6.45) is 1.75. The summed E-state index contributed by atoms with van der Waals surface area (Å²) in [5.41, 5.74) is 0. The van der Waals surface area contributed by atoms with Gasteiger partial charge in [-0.25, -0.2) is 0 Å². The fourth-order valence-electron chi connectivity index (χ4n) is 0. The molecule has 0 bridgehead atoms. The van der Waals surface area contributed by atoms with Crippen LogP contribution in [0.3, 0.4) is 0 Å². The van der Waals surface area contributed by atoms with Crippen molar-refractivity contribution in [1.29, 1.82) is 0 Å². The average Bonchev–Trinajstić information content (AvgIpc) is 3.24. The van der Waals surface area contributed by atoms with Crippen LogP contribution in [0.5, 0.6) is 0 Å². The predicted molar refractivity (Wildman–Crippen MR) is 254 cm³/mol. The zero-order valence-corrected chi connectivity index (χ0v) is 258. The van der Waals surface area contributed by atoms with Gasteiger partial charge in [-0.2, -0.15) is 0 Å². The third kappa shape index (κ3) is 304. The van der Waals surface area contributed by atoms with Gasteiger partial charge in [-0.15, -0.1) is 6.58 Å². The summed E-state index contributed by atoms with van der Waals surface area (Å²) in [6, 6.07) is 0. The van der Waals surface area contributed by atoms with Gasteiger partial charge >= 0.3 is 1530 Å². The minimum atomic E-state index is 0. The molecule has 0 aliphatic heterocycles. The first-order valence-corrected chi connectivity index (χ1v) is 701. The van der Waals surface area contributed by atoms with Crippen LogP contribution >= 0.6 is 0 Å². The van der Waals surface area contributed by atoms with Crippen molar-refractivity contribution in [2.75, 3.05) is 0 Å². The van der Waals surface area contributed by atoms with Crippen molar-refractivity contribution >= 4 is 1350 Å². The van der Waals surface area contributed by atoms with Crippen molar-refractivity contribution in [3.05, 3.63) is 20.1 Å². The Morgan fingerprint density at radius 2 is 0.234 bits per heavy atom.